The van der Waals surface area contributed by atoms with Crippen molar-refractivity contribution in [2.24, 2.45) is 0 Å². The first-order valence-electron chi connectivity index (χ1n) is 10.2. The molecule has 8 heteroatoms. The molecule has 2 aromatic rings. The summed E-state index contributed by atoms with van der Waals surface area (Å²) >= 11 is 1.23. The molecule has 1 atom stereocenters. The Kier molecular flexibility index (Phi) is 6.22. The third kappa shape index (κ3) is 4.82. The van der Waals surface area contributed by atoms with E-state index in [1.165, 1.54) is 11.3 Å². The summed E-state index contributed by atoms with van der Waals surface area (Å²) in [5.74, 6) is 0.0612. The molecule has 2 aliphatic rings. The van der Waals surface area contributed by atoms with Crippen LogP contribution in [0.5, 0.6) is 0 Å². The van der Waals surface area contributed by atoms with Gasteiger partial charge in [0.1, 0.15) is 4.21 Å². The van der Waals surface area contributed by atoms with E-state index in [0.29, 0.717) is 23.8 Å². The molecule has 1 unspecified atom stereocenters. The Bertz CT molecular complexity index is 937. The molecule has 1 aromatic heterocycles. The Morgan fingerprint density at radius 1 is 1.03 bits per heavy atom. The van der Waals surface area contributed by atoms with Crippen molar-refractivity contribution in [1.82, 2.24) is 9.21 Å². The Hall–Kier alpha value is -1.90. The van der Waals surface area contributed by atoms with Crippen LogP contribution in [0.2, 0.25) is 0 Å². The molecule has 4 rings (SSSR count). The van der Waals surface area contributed by atoms with Crippen LogP contribution in [0.3, 0.4) is 0 Å². The van der Waals surface area contributed by atoms with Crippen molar-refractivity contribution >= 4 is 33.0 Å². The number of amides is 1. The number of nitrogens with one attached hydrogen (secondary N) is 1. The van der Waals surface area contributed by atoms with Gasteiger partial charge in [-0.15, -0.1) is 11.3 Å². The molecule has 0 radical (unpaired) electrons. The quantitative estimate of drug-likeness (QED) is 0.760. The molecule has 1 aromatic carbocycles. The molecule has 2 aliphatic heterocycles. The second-order valence-electron chi connectivity index (χ2n) is 7.70. The first-order chi connectivity index (χ1) is 14.0. The number of piperidine rings is 1. The van der Waals surface area contributed by atoms with Crippen LogP contribution in [0.15, 0.2) is 46.7 Å². The number of thiophene rings is 1. The van der Waals surface area contributed by atoms with Gasteiger partial charge in [-0.05, 0) is 43.5 Å². The normalized spacial score (nSPS) is 20.7. The molecule has 3 heterocycles. The van der Waals surface area contributed by atoms with Crippen molar-refractivity contribution < 1.29 is 13.2 Å². The first-order valence-corrected chi connectivity index (χ1v) is 12.5. The van der Waals surface area contributed by atoms with E-state index >= 15 is 0 Å². The topological polar surface area (TPSA) is 69.7 Å². The highest BCUT2D eigenvalue weighted by atomic mass is 32.2. The lowest BCUT2D eigenvalue weighted by Gasteiger charge is -2.25. The Labute approximate surface area is 176 Å². The van der Waals surface area contributed by atoms with Crippen LogP contribution in [0.1, 0.15) is 30.6 Å². The molecule has 0 aliphatic carbocycles. The van der Waals surface area contributed by atoms with Gasteiger partial charge in [0.25, 0.3) is 10.0 Å². The number of likely N-dealkylation sites (tertiary alicyclic amines) is 1. The van der Waals surface area contributed by atoms with Gasteiger partial charge in [-0.3, -0.25) is 4.79 Å². The molecule has 2 fully saturated rings. The lowest BCUT2D eigenvalue weighted by molar-refractivity contribution is -0.129. The third-order valence-electron chi connectivity index (χ3n) is 5.56. The number of hydrogen-bond donors (Lipinski definition) is 1. The van der Waals surface area contributed by atoms with Gasteiger partial charge in [0.15, 0.2) is 0 Å². The largest absolute Gasteiger partial charge is 0.380 e. The van der Waals surface area contributed by atoms with Gasteiger partial charge in [-0.1, -0.05) is 24.6 Å². The summed E-state index contributed by atoms with van der Waals surface area (Å²) < 4.78 is 27.5. The van der Waals surface area contributed by atoms with E-state index in [2.05, 4.69) is 5.32 Å². The minimum absolute atomic E-state index is 0.0612. The summed E-state index contributed by atoms with van der Waals surface area (Å²) in [6, 6.07) is 13.7. The van der Waals surface area contributed by atoms with E-state index in [1.54, 1.807) is 16.4 Å². The molecule has 0 saturated carbocycles. The fourth-order valence-corrected chi connectivity index (χ4v) is 6.98. The molecule has 2 saturated heterocycles. The smallest absolute Gasteiger partial charge is 0.252 e. The van der Waals surface area contributed by atoms with E-state index in [-0.39, 0.29) is 18.4 Å². The number of para-hydroxylation sites is 1. The predicted octanol–water partition coefficient (Wildman–Crippen LogP) is 3.18. The van der Waals surface area contributed by atoms with Crippen molar-refractivity contribution in [3.05, 3.63) is 47.3 Å². The number of hydrogen-bond acceptors (Lipinski definition) is 5. The summed E-state index contributed by atoms with van der Waals surface area (Å²) in [7, 11) is -3.42. The van der Waals surface area contributed by atoms with Crippen LogP contribution in [0, 0.1) is 0 Å². The average molecular weight is 434 g/mol. The standard InChI is InChI=1S/C21H27N3O3S2/c25-20(23-14-11-18(16-23)22-17-7-3-1-4-8-17)15-19-9-10-21(28-19)29(26,27)24-12-5-2-6-13-24/h1,3-4,7-10,18,22H,2,5-6,11-16H2. The summed E-state index contributed by atoms with van der Waals surface area (Å²) in [5.41, 5.74) is 1.07. The minimum Gasteiger partial charge on any atom is -0.380 e. The van der Waals surface area contributed by atoms with E-state index in [0.717, 1.165) is 42.8 Å². The number of sulfonamides is 1. The zero-order chi connectivity index (χ0) is 20.3. The van der Waals surface area contributed by atoms with Gasteiger partial charge in [-0.2, -0.15) is 4.31 Å². The second-order valence-corrected chi connectivity index (χ2v) is 11.0. The fraction of sp³-hybridized carbons (Fsp3) is 0.476. The van der Waals surface area contributed by atoms with Crippen molar-refractivity contribution in [2.45, 2.75) is 42.4 Å². The van der Waals surface area contributed by atoms with Crippen molar-refractivity contribution in [3.8, 4) is 0 Å². The number of anilines is 1. The van der Waals surface area contributed by atoms with E-state index < -0.39 is 10.0 Å². The number of carbonyl (C=O) groups excluding carboxylic acids is 1. The van der Waals surface area contributed by atoms with Gasteiger partial charge >= 0.3 is 0 Å². The van der Waals surface area contributed by atoms with Gasteiger partial charge in [-0.25, -0.2) is 8.42 Å². The highest BCUT2D eigenvalue weighted by molar-refractivity contribution is 7.91. The highest BCUT2D eigenvalue weighted by Crippen LogP contribution is 2.28. The van der Waals surface area contributed by atoms with Gasteiger partial charge in [0.05, 0.1) is 6.42 Å². The lowest BCUT2D eigenvalue weighted by Crippen LogP contribution is -2.35. The average Bonchev–Trinajstić information content (AvgIpc) is 3.40. The Morgan fingerprint density at radius 3 is 2.55 bits per heavy atom. The van der Waals surface area contributed by atoms with Crippen LogP contribution in [-0.4, -0.2) is 55.8 Å². The maximum absolute atomic E-state index is 12.8. The zero-order valence-corrected chi connectivity index (χ0v) is 18.1. The molecular formula is C21H27N3O3S2. The number of nitrogens with zero attached hydrogens (tertiary/aromatic N) is 2. The Morgan fingerprint density at radius 2 is 1.79 bits per heavy atom. The van der Waals surface area contributed by atoms with Crippen LogP contribution in [0.4, 0.5) is 5.69 Å². The van der Waals surface area contributed by atoms with Crippen LogP contribution in [-0.2, 0) is 21.2 Å². The summed E-state index contributed by atoms with van der Waals surface area (Å²) in [6.07, 6.45) is 4.11. The predicted molar refractivity (Wildman–Crippen MR) is 116 cm³/mol. The molecule has 0 spiro atoms. The maximum Gasteiger partial charge on any atom is 0.252 e. The lowest BCUT2D eigenvalue weighted by atomic mass is 10.2. The Balaban J connectivity index is 1.33. The van der Waals surface area contributed by atoms with Gasteiger partial charge in [0, 0.05) is 42.8 Å². The molecular weight excluding hydrogens is 406 g/mol. The third-order valence-corrected chi connectivity index (χ3v) is 9.01. The SMILES string of the molecule is O=C(Cc1ccc(S(=O)(=O)N2CCCCC2)s1)N1CCC(Nc2ccccc2)C1. The fourth-order valence-electron chi connectivity index (χ4n) is 3.96. The molecule has 6 nitrogen and oxygen atoms in total. The first kappa shape index (κ1) is 20.4. The number of carbonyl (C=O) groups is 1. The molecule has 156 valence electrons. The van der Waals surface area contributed by atoms with Crippen LogP contribution >= 0.6 is 11.3 Å². The van der Waals surface area contributed by atoms with Crippen molar-refractivity contribution in [3.63, 3.8) is 0 Å². The van der Waals surface area contributed by atoms with Gasteiger partial charge in [0.2, 0.25) is 5.91 Å². The van der Waals surface area contributed by atoms with Crippen molar-refractivity contribution in [2.75, 3.05) is 31.5 Å². The molecule has 29 heavy (non-hydrogen) atoms. The molecule has 1 amide bonds. The van der Waals surface area contributed by atoms with Gasteiger partial charge < -0.3 is 10.2 Å². The molecule has 1 N–H and O–H groups in total. The highest BCUT2D eigenvalue weighted by Gasteiger charge is 2.29. The van der Waals surface area contributed by atoms with Crippen LogP contribution < -0.4 is 5.32 Å². The van der Waals surface area contributed by atoms with Crippen molar-refractivity contribution in [1.29, 1.82) is 0 Å². The molecule has 0 bridgehead atoms. The monoisotopic (exact) mass is 433 g/mol. The maximum atomic E-state index is 12.8. The second kappa shape index (κ2) is 8.85. The van der Waals surface area contributed by atoms with E-state index in [9.17, 15) is 13.2 Å². The van der Waals surface area contributed by atoms with E-state index in [4.69, 9.17) is 0 Å². The zero-order valence-electron chi connectivity index (χ0n) is 16.4. The van der Waals surface area contributed by atoms with Crippen LogP contribution in [0.25, 0.3) is 0 Å². The summed E-state index contributed by atoms with van der Waals surface area (Å²) in [4.78, 5) is 15.4. The number of benzene rings is 1. The summed E-state index contributed by atoms with van der Waals surface area (Å²) in [5, 5.41) is 3.47. The summed E-state index contributed by atoms with van der Waals surface area (Å²) in [6.45, 7) is 2.60. The van der Waals surface area contributed by atoms with E-state index in [1.807, 2.05) is 35.2 Å². The number of rotatable bonds is 6. The minimum atomic E-state index is -3.42.